The fourth-order valence-electron chi connectivity index (χ4n) is 2.07. The van der Waals surface area contributed by atoms with Gasteiger partial charge in [0.15, 0.2) is 0 Å². The number of alkyl halides is 3. The zero-order valence-corrected chi connectivity index (χ0v) is 15.6. The molecule has 25 heavy (non-hydrogen) atoms. The lowest BCUT2D eigenvalue weighted by atomic mass is 10.1. The van der Waals surface area contributed by atoms with Crippen LogP contribution < -0.4 is 10.0 Å². The Morgan fingerprint density at radius 1 is 1.08 bits per heavy atom. The second kappa shape index (κ2) is 7.92. The van der Waals surface area contributed by atoms with E-state index in [4.69, 9.17) is 32.5 Å². The minimum Gasteiger partial charge on any atom is -0.455 e. The van der Waals surface area contributed by atoms with Crippen molar-refractivity contribution >= 4 is 36.5 Å². The first kappa shape index (κ1) is 20.0. The Kier molecular flexibility index (Phi) is 6.33. The van der Waals surface area contributed by atoms with Crippen molar-refractivity contribution in [1.82, 2.24) is 0 Å². The van der Waals surface area contributed by atoms with Crippen molar-refractivity contribution in [3.8, 4) is 11.5 Å². The minimum atomic E-state index is -4.50. The number of aryl methyl sites for hydroxylation is 1. The fraction of sp³-hybridized carbons (Fsp3) is 0.250. The Balaban J connectivity index is 2.44. The van der Waals surface area contributed by atoms with Gasteiger partial charge < -0.3 is 4.74 Å². The summed E-state index contributed by atoms with van der Waals surface area (Å²) in [6, 6.07) is 5.82. The van der Waals surface area contributed by atoms with Crippen molar-refractivity contribution in [2.24, 2.45) is 0 Å². The van der Waals surface area contributed by atoms with Gasteiger partial charge in [0.1, 0.15) is 11.5 Å². The molecule has 0 saturated carbocycles. The number of hydrogen-bond acceptors (Lipinski definition) is 3. The first-order chi connectivity index (χ1) is 11.7. The molecule has 2 aromatic rings. The van der Waals surface area contributed by atoms with Crippen molar-refractivity contribution in [2.75, 3.05) is 7.11 Å². The van der Waals surface area contributed by atoms with Gasteiger partial charge in [0.2, 0.25) is 5.30 Å². The topological polar surface area (TPSA) is 35.5 Å². The van der Waals surface area contributed by atoms with E-state index in [1.165, 1.54) is 13.2 Å². The van der Waals surface area contributed by atoms with Crippen LogP contribution in [0.15, 0.2) is 30.3 Å². The molecule has 0 N–H and O–H groups in total. The number of rotatable bonds is 5. The van der Waals surface area contributed by atoms with E-state index in [0.29, 0.717) is 17.7 Å². The van der Waals surface area contributed by atoms with Gasteiger partial charge in [0.05, 0.1) is 22.7 Å². The molecule has 0 spiro atoms. The van der Waals surface area contributed by atoms with Crippen LogP contribution in [-0.2, 0) is 21.7 Å². The Labute approximate surface area is 153 Å². The van der Waals surface area contributed by atoms with E-state index in [0.717, 1.165) is 18.2 Å². The van der Waals surface area contributed by atoms with Crippen LogP contribution in [-0.4, -0.2) is 7.11 Å². The number of hydrogen-bond donors (Lipinski definition) is 0. The molecule has 0 aliphatic heterocycles. The third-order valence-corrected chi connectivity index (χ3v) is 5.19. The monoisotopic (exact) mass is 411 g/mol. The quantitative estimate of drug-likeness (QED) is 0.535. The molecule has 0 fully saturated rings. The highest BCUT2D eigenvalue weighted by atomic mass is 35.5. The zero-order valence-electron chi connectivity index (χ0n) is 13.2. The van der Waals surface area contributed by atoms with Crippen LogP contribution in [0.25, 0.3) is 0 Å². The summed E-state index contributed by atoms with van der Waals surface area (Å²) in [6.45, 7) is 1.85. The van der Waals surface area contributed by atoms with Gasteiger partial charge in [-0.15, -0.1) is 4.52 Å². The molecule has 0 radical (unpaired) electrons. The molecule has 1 atom stereocenters. The Morgan fingerprint density at radius 2 is 1.76 bits per heavy atom. The molecule has 1 unspecified atom stereocenters. The zero-order chi connectivity index (χ0) is 18.8. The SMILES string of the molecule is CCc1cc(Cl)c([P+](=O)OC)cc1Oc1ccc(C(F)(F)F)cc1Cl. The van der Waals surface area contributed by atoms with Crippen LogP contribution in [0.3, 0.4) is 0 Å². The Hall–Kier alpha value is -1.33. The molecular formula is C16H13Cl2F3O3P+. The van der Waals surface area contributed by atoms with Crippen molar-refractivity contribution in [3.63, 3.8) is 0 Å². The van der Waals surface area contributed by atoms with Gasteiger partial charge in [-0.25, -0.2) is 0 Å². The van der Waals surface area contributed by atoms with Crippen molar-refractivity contribution in [3.05, 3.63) is 51.5 Å². The van der Waals surface area contributed by atoms with E-state index in [9.17, 15) is 17.7 Å². The van der Waals surface area contributed by atoms with Gasteiger partial charge in [-0.3, -0.25) is 0 Å². The summed E-state index contributed by atoms with van der Waals surface area (Å²) in [7, 11) is -0.901. The van der Waals surface area contributed by atoms with Crippen LogP contribution in [0.1, 0.15) is 18.1 Å². The second-order valence-electron chi connectivity index (χ2n) is 4.95. The highest BCUT2D eigenvalue weighted by molar-refractivity contribution is 7.48. The van der Waals surface area contributed by atoms with Gasteiger partial charge in [-0.05, 0) is 40.8 Å². The van der Waals surface area contributed by atoms with Crippen molar-refractivity contribution < 1.29 is 27.0 Å². The molecule has 0 heterocycles. The van der Waals surface area contributed by atoms with Crippen LogP contribution in [0.5, 0.6) is 11.5 Å². The van der Waals surface area contributed by atoms with Gasteiger partial charge >= 0.3 is 14.2 Å². The third kappa shape index (κ3) is 4.64. The highest BCUT2D eigenvalue weighted by Crippen LogP contribution is 2.38. The van der Waals surface area contributed by atoms with Gasteiger partial charge in [-0.1, -0.05) is 30.1 Å². The normalized spacial score (nSPS) is 12.2. The Morgan fingerprint density at radius 3 is 2.28 bits per heavy atom. The molecule has 0 aliphatic rings. The average molecular weight is 412 g/mol. The summed E-state index contributed by atoms with van der Waals surface area (Å²) >= 11 is 12.0. The van der Waals surface area contributed by atoms with E-state index >= 15 is 0 Å². The third-order valence-electron chi connectivity index (χ3n) is 3.35. The molecule has 0 aromatic heterocycles. The lowest BCUT2D eigenvalue weighted by Gasteiger charge is -2.13. The first-order valence-corrected chi connectivity index (χ1v) is 8.99. The molecule has 0 aliphatic carbocycles. The lowest BCUT2D eigenvalue weighted by molar-refractivity contribution is -0.137. The van der Waals surface area contributed by atoms with E-state index in [1.54, 1.807) is 6.07 Å². The van der Waals surface area contributed by atoms with Gasteiger partial charge in [0.25, 0.3) is 0 Å². The molecule has 0 amide bonds. The first-order valence-electron chi connectivity index (χ1n) is 7.05. The van der Waals surface area contributed by atoms with Crippen LogP contribution >= 0.6 is 31.2 Å². The maximum absolute atomic E-state index is 12.7. The molecule has 0 saturated heterocycles. The van der Waals surface area contributed by atoms with Crippen LogP contribution in [0.4, 0.5) is 13.2 Å². The van der Waals surface area contributed by atoms with Crippen LogP contribution in [0.2, 0.25) is 10.0 Å². The largest absolute Gasteiger partial charge is 0.550 e. The predicted molar refractivity (Wildman–Crippen MR) is 91.6 cm³/mol. The number of ether oxygens (including phenoxy) is 1. The maximum Gasteiger partial charge on any atom is 0.550 e. The van der Waals surface area contributed by atoms with Crippen molar-refractivity contribution in [1.29, 1.82) is 0 Å². The van der Waals surface area contributed by atoms with E-state index < -0.39 is 19.8 Å². The maximum atomic E-state index is 12.7. The predicted octanol–water partition coefficient (Wildman–Crippen LogP) is 6.38. The smallest absolute Gasteiger partial charge is 0.455 e. The average Bonchev–Trinajstić information content (AvgIpc) is 2.55. The van der Waals surface area contributed by atoms with Crippen molar-refractivity contribution in [2.45, 2.75) is 19.5 Å². The molecule has 2 rings (SSSR count). The van der Waals surface area contributed by atoms with E-state index in [2.05, 4.69) is 0 Å². The van der Waals surface area contributed by atoms with E-state index in [-0.39, 0.29) is 21.1 Å². The summed E-state index contributed by atoms with van der Waals surface area (Å²) in [5.74, 6) is 0.342. The second-order valence-corrected chi connectivity index (χ2v) is 7.13. The highest BCUT2D eigenvalue weighted by Gasteiger charge is 2.31. The lowest BCUT2D eigenvalue weighted by Crippen LogP contribution is -2.05. The minimum absolute atomic E-state index is 0.0466. The summed E-state index contributed by atoms with van der Waals surface area (Å²) in [6.07, 6.45) is -3.96. The molecule has 134 valence electrons. The van der Waals surface area contributed by atoms with Gasteiger partial charge in [-0.2, -0.15) is 13.2 Å². The standard InChI is InChI=1S/C16H13Cl2F3O3P/c1-3-9-6-12(18)15(25(22)23-2)8-14(9)24-13-5-4-10(7-11(13)17)16(19,20)21/h4-8H,3H2,1-2H3/q+1. The molecule has 0 bridgehead atoms. The summed E-state index contributed by atoms with van der Waals surface area (Å²) < 4.78 is 60.5. The van der Waals surface area contributed by atoms with Gasteiger partial charge in [0, 0.05) is 6.07 Å². The number of benzene rings is 2. The molecule has 2 aromatic carbocycles. The van der Waals surface area contributed by atoms with E-state index in [1.807, 2.05) is 6.92 Å². The summed E-state index contributed by atoms with van der Waals surface area (Å²) in [5, 5.41) is 0.296. The molecular weight excluding hydrogens is 399 g/mol. The summed E-state index contributed by atoms with van der Waals surface area (Å²) in [4.78, 5) is 0. The Bertz CT molecular complexity index is 810. The summed E-state index contributed by atoms with van der Waals surface area (Å²) in [5.41, 5.74) is -0.191. The number of halogens is 5. The molecule has 9 heteroatoms. The van der Waals surface area contributed by atoms with Crippen LogP contribution in [0, 0.1) is 0 Å². The fourth-order valence-corrected chi connectivity index (χ4v) is 3.34. The molecule has 3 nitrogen and oxygen atoms in total.